The number of rotatable bonds is 10. The molecule has 170 valence electrons. The first kappa shape index (κ1) is 22.4. The number of carbonyl (C=O) groups is 1. The standard InChI is InChI=1S/C26H25NO6/c1-30-16-33-25-20(15-32-23-8-3-2-6-19(23)13-24(28)29)12-22(26-21(25)9-10-31-26)18-7-4-5-17(11-18)14-27/h2-12H,13-16,27H2,1H3,(H,28,29). The van der Waals surface area contributed by atoms with E-state index < -0.39 is 5.97 Å². The van der Waals surface area contributed by atoms with Crippen LogP contribution in [-0.2, 0) is 29.1 Å². The summed E-state index contributed by atoms with van der Waals surface area (Å²) in [6.45, 7) is 0.658. The van der Waals surface area contributed by atoms with Crippen molar-refractivity contribution in [2.24, 2.45) is 5.73 Å². The van der Waals surface area contributed by atoms with Crippen LogP contribution in [0.5, 0.6) is 11.5 Å². The monoisotopic (exact) mass is 447 g/mol. The average molecular weight is 447 g/mol. The molecule has 3 aromatic carbocycles. The van der Waals surface area contributed by atoms with E-state index in [0.29, 0.717) is 29.2 Å². The normalized spacial score (nSPS) is 11.0. The van der Waals surface area contributed by atoms with Crippen molar-refractivity contribution in [2.45, 2.75) is 19.6 Å². The van der Waals surface area contributed by atoms with E-state index in [1.54, 1.807) is 31.6 Å². The Morgan fingerprint density at radius 2 is 1.88 bits per heavy atom. The molecule has 0 saturated heterocycles. The molecule has 1 heterocycles. The fraction of sp³-hybridized carbons (Fsp3) is 0.192. The lowest BCUT2D eigenvalue weighted by atomic mass is 9.98. The van der Waals surface area contributed by atoms with Crippen LogP contribution < -0.4 is 15.2 Å². The van der Waals surface area contributed by atoms with Crippen LogP contribution in [-0.4, -0.2) is 25.0 Å². The maximum atomic E-state index is 11.2. The Balaban J connectivity index is 1.77. The van der Waals surface area contributed by atoms with Crippen molar-refractivity contribution < 1.29 is 28.5 Å². The average Bonchev–Trinajstić information content (AvgIpc) is 3.31. The van der Waals surface area contributed by atoms with Crippen LogP contribution in [0.2, 0.25) is 0 Å². The summed E-state index contributed by atoms with van der Waals surface area (Å²) in [5.41, 5.74) is 10.8. The third-order valence-electron chi connectivity index (χ3n) is 5.26. The number of hydrogen-bond donors (Lipinski definition) is 2. The summed E-state index contributed by atoms with van der Waals surface area (Å²) in [5.74, 6) is 0.184. The largest absolute Gasteiger partial charge is 0.488 e. The molecule has 0 aliphatic carbocycles. The molecule has 0 bridgehead atoms. The molecular weight excluding hydrogens is 422 g/mol. The lowest BCUT2D eigenvalue weighted by Gasteiger charge is -2.16. The summed E-state index contributed by atoms with van der Waals surface area (Å²) in [5, 5.41) is 10.0. The molecule has 1 aromatic heterocycles. The molecular formula is C26H25NO6. The molecule has 0 aliphatic heterocycles. The number of para-hydroxylation sites is 1. The number of carboxylic acids is 1. The molecule has 0 spiro atoms. The van der Waals surface area contributed by atoms with E-state index in [4.69, 9.17) is 24.4 Å². The van der Waals surface area contributed by atoms with Crippen molar-refractivity contribution in [1.82, 2.24) is 0 Å². The van der Waals surface area contributed by atoms with E-state index >= 15 is 0 Å². The third-order valence-corrected chi connectivity index (χ3v) is 5.26. The topological polar surface area (TPSA) is 104 Å². The van der Waals surface area contributed by atoms with Crippen LogP contribution in [0.25, 0.3) is 22.1 Å². The number of nitrogens with two attached hydrogens (primary N) is 1. The zero-order valence-electron chi connectivity index (χ0n) is 18.2. The van der Waals surface area contributed by atoms with Gasteiger partial charge in [-0.05, 0) is 35.4 Å². The third kappa shape index (κ3) is 5.00. The molecule has 0 atom stereocenters. The van der Waals surface area contributed by atoms with Crippen LogP contribution in [0.4, 0.5) is 0 Å². The Morgan fingerprint density at radius 3 is 2.67 bits per heavy atom. The summed E-state index contributed by atoms with van der Waals surface area (Å²) in [7, 11) is 1.55. The minimum Gasteiger partial charge on any atom is -0.488 e. The van der Waals surface area contributed by atoms with E-state index in [-0.39, 0.29) is 19.8 Å². The highest BCUT2D eigenvalue weighted by molar-refractivity contribution is 5.97. The van der Waals surface area contributed by atoms with E-state index in [1.807, 2.05) is 42.5 Å². The first-order valence-electron chi connectivity index (χ1n) is 10.5. The lowest BCUT2D eigenvalue weighted by Crippen LogP contribution is -2.07. The van der Waals surface area contributed by atoms with Gasteiger partial charge in [0.25, 0.3) is 0 Å². The summed E-state index contributed by atoms with van der Waals surface area (Å²) in [6, 6.07) is 18.9. The van der Waals surface area contributed by atoms with Gasteiger partial charge in [0, 0.05) is 30.3 Å². The maximum Gasteiger partial charge on any atom is 0.307 e. The Hall–Kier alpha value is -3.81. The van der Waals surface area contributed by atoms with Crippen LogP contribution in [0.15, 0.2) is 71.3 Å². The Labute approximate surface area is 191 Å². The van der Waals surface area contributed by atoms with E-state index in [1.165, 1.54) is 0 Å². The van der Waals surface area contributed by atoms with Crippen molar-refractivity contribution in [3.05, 3.63) is 83.6 Å². The lowest BCUT2D eigenvalue weighted by molar-refractivity contribution is -0.136. The highest BCUT2D eigenvalue weighted by atomic mass is 16.7. The highest BCUT2D eigenvalue weighted by Crippen LogP contribution is 2.39. The van der Waals surface area contributed by atoms with Crippen LogP contribution in [0, 0.1) is 0 Å². The van der Waals surface area contributed by atoms with Gasteiger partial charge in [-0.1, -0.05) is 36.4 Å². The number of benzene rings is 3. The van der Waals surface area contributed by atoms with Crippen molar-refractivity contribution in [2.75, 3.05) is 13.9 Å². The number of hydrogen-bond acceptors (Lipinski definition) is 6. The number of carboxylic acid groups (broad SMARTS) is 1. The highest BCUT2D eigenvalue weighted by Gasteiger charge is 2.19. The molecule has 0 radical (unpaired) electrons. The summed E-state index contributed by atoms with van der Waals surface area (Å²) in [6.07, 6.45) is 1.49. The van der Waals surface area contributed by atoms with E-state index in [0.717, 1.165) is 27.6 Å². The first-order chi connectivity index (χ1) is 16.1. The quantitative estimate of drug-likeness (QED) is 0.338. The van der Waals surface area contributed by atoms with Crippen molar-refractivity contribution in [3.8, 4) is 22.6 Å². The molecule has 4 aromatic rings. The Morgan fingerprint density at radius 1 is 1.03 bits per heavy atom. The maximum absolute atomic E-state index is 11.2. The van der Waals surface area contributed by atoms with Gasteiger partial charge in [-0.3, -0.25) is 4.79 Å². The fourth-order valence-electron chi connectivity index (χ4n) is 3.76. The zero-order valence-corrected chi connectivity index (χ0v) is 18.2. The van der Waals surface area contributed by atoms with Crippen LogP contribution in [0.3, 0.4) is 0 Å². The predicted molar refractivity (Wildman–Crippen MR) is 124 cm³/mol. The molecule has 0 saturated carbocycles. The number of ether oxygens (including phenoxy) is 3. The van der Waals surface area contributed by atoms with Gasteiger partial charge in [0.1, 0.15) is 23.7 Å². The van der Waals surface area contributed by atoms with Crippen molar-refractivity contribution >= 4 is 16.9 Å². The SMILES string of the molecule is COCOc1c(COc2ccccc2CC(=O)O)cc(-c2cccc(CN)c2)c2occc12. The van der Waals surface area contributed by atoms with Gasteiger partial charge in [0.15, 0.2) is 6.79 Å². The molecule has 0 aliphatic rings. The molecule has 0 amide bonds. The van der Waals surface area contributed by atoms with Crippen LogP contribution >= 0.6 is 0 Å². The number of fused-ring (bicyclic) bond motifs is 1. The number of methoxy groups -OCH3 is 1. The predicted octanol–water partition coefficient (Wildman–Crippen LogP) is 4.75. The second-order valence-corrected chi connectivity index (χ2v) is 7.50. The molecule has 0 unspecified atom stereocenters. The molecule has 4 rings (SSSR count). The van der Waals surface area contributed by atoms with Gasteiger partial charge in [-0.2, -0.15) is 0 Å². The second-order valence-electron chi connectivity index (χ2n) is 7.50. The van der Waals surface area contributed by atoms with Gasteiger partial charge in [-0.15, -0.1) is 0 Å². The van der Waals surface area contributed by atoms with Gasteiger partial charge >= 0.3 is 5.97 Å². The minimum atomic E-state index is -0.919. The van der Waals surface area contributed by atoms with Gasteiger partial charge in [-0.25, -0.2) is 0 Å². The van der Waals surface area contributed by atoms with E-state index in [2.05, 4.69) is 0 Å². The van der Waals surface area contributed by atoms with Gasteiger partial charge in [0.2, 0.25) is 0 Å². The summed E-state index contributed by atoms with van der Waals surface area (Å²) in [4.78, 5) is 11.2. The smallest absolute Gasteiger partial charge is 0.307 e. The van der Waals surface area contributed by atoms with Crippen LogP contribution in [0.1, 0.15) is 16.7 Å². The molecule has 7 nitrogen and oxygen atoms in total. The van der Waals surface area contributed by atoms with Gasteiger partial charge in [0.05, 0.1) is 18.1 Å². The summed E-state index contributed by atoms with van der Waals surface area (Å²) < 4.78 is 22.9. The van der Waals surface area contributed by atoms with Crippen molar-refractivity contribution in [3.63, 3.8) is 0 Å². The summed E-state index contributed by atoms with van der Waals surface area (Å²) >= 11 is 0. The fourth-order valence-corrected chi connectivity index (χ4v) is 3.76. The zero-order chi connectivity index (χ0) is 23.2. The first-order valence-corrected chi connectivity index (χ1v) is 10.5. The Kier molecular flexibility index (Phi) is 6.92. The van der Waals surface area contributed by atoms with Crippen molar-refractivity contribution in [1.29, 1.82) is 0 Å². The number of furan rings is 1. The molecule has 7 heteroatoms. The minimum absolute atomic E-state index is 0.0604. The second kappa shape index (κ2) is 10.2. The van der Waals surface area contributed by atoms with Gasteiger partial charge < -0.3 is 29.5 Å². The number of aliphatic carboxylic acids is 1. The molecule has 33 heavy (non-hydrogen) atoms. The molecule has 3 N–H and O–H groups in total. The van der Waals surface area contributed by atoms with E-state index in [9.17, 15) is 9.90 Å². The molecule has 0 fully saturated rings. The Bertz CT molecular complexity index is 1260.